The van der Waals surface area contributed by atoms with Crippen molar-refractivity contribution >= 4 is 11.6 Å². The summed E-state index contributed by atoms with van der Waals surface area (Å²) in [5.74, 6) is 0.480. The van der Waals surface area contributed by atoms with Gasteiger partial charge in [-0.05, 0) is 37.5 Å². The fourth-order valence-corrected chi connectivity index (χ4v) is 2.13. The van der Waals surface area contributed by atoms with Crippen molar-refractivity contribution in [3.63, 3.8) is 0 Å². The Kier molecular flexibility index (Phi) is 4.24. The SMILES string of the molecule is CC1CCC(COc2cc(F)cc(CCl)c2)O1. The largest absolute Gasteiger partial charge is 0.491 e. The molecule has 1 aromatic rings. The van der Waals surface area contributed by atoms with E-state index >= 15 is 0 Å². The van der Waals surface area contributed by atoms with Crippen molar-refractivity contribution in [2.24, 2.45) is 0 Å². The maximum atomic E-state index is 13.2. The highest BCUT2D eigenvalue weighted by molar-refractivity contribution is 6.17. The van der Waals surface area contributed by atoms with Gasteiger partial charge in [0, 0.05) is 11.9 Å². The number of hydrogen-bond donors (Lipinski definition) is 0. The molecule has 4 heteroatoms. The molecular formula is C13H16ClFO2. The number of benzene rings is 1. The van der Waals surface area contributed by atoms with Gasteiger partial charge in [0.1, 0.15) is 18.2 Å². The van der Waals surface area contributed by atoms with E-state index < -0.39 is 0 Å². The number of ether oxygens (including phenoxy) is 2. The van der Waals surface area contributed by atoms with Crippen LogP contribution in [0.1, 0.15) is 25.3 Å². The standard InChI is InChI=1S/C13H16ClFO2/c1-9-2-3-12(17-9)8-16-13-5-10(7-14)4-11(15)6-13/h4-6,9,12H,2-3,7-8H2,1H3. The molecule has 17 heavy (non-hydrogen) atoms. The van der Waals surface area contributed by atoms with Crippen LogP contribution in [0.5, 0.6) is 5.75 Å². The van der Waals surface area contributed by atoms with Crippen LogP contribution in [-0.4, -0.2) is 18.8 Å². The topological polar surface area (TPSA) is 18.5 Å². The Morgan fingerprint density at radius 3 is 2.88 bits per heavy atom. The fourth-order valence-electron chi connectivity index (χ4n) is 1.98. The number of halogens is 2. The fraction of sp³-hybridized carbons (Fsp3) is 0.538. The van der Waals surface area contributed by atoms with E-state index in [-0.39, 0.29) is 17.8 Å². The molecule has 1 fully saturated rings. The van der Waals surface area contributed by atoms with Crippen molar-refractivity contribution in [2.45, 2.75) is 37.9 Å². The second-order valence-corrected chi connectivity index (χ2v) is 4.65. The number of alkyl halides is 1. The van der Waals surface area contributed by atoms with Crippen molar-refractivity contribution in [1.82, 2.24) is 0 Å². The van der Waals surface area contributed by atoms with Crippen LogP contribution in [0.4, 0.5) is 4.39 Å². The van der Waals surface area contributed by atoms with Gasteiger partial charge in [0.15, 0.2) is 0 Å². The Hall–Kier alpha value is -0.800. The minimum Gasteiger partial charge on any atom is -0.491 e. The Morgan fingerprint density at radius 1 is 1.41 bits per heavy atom. The van der Waals surface area contributed by atoms with Crippen molar-refractivity contribution < 1.29 is 13.9 Å². The zero-order valence-electron chi connectivity index (χ0n) is 9.79. The predicted molar refractivity (Wildman–Crippen MR) is 65.0 cm³/mol. The molecule has 1 aromatic carbocycles. The lowest BCUT2D eigenvalue weighted by Gasteiger charge is -2.13. The molecule has 94 valence electrons. The third kappa shape index (κ3) is 3.58. The van der Waals surface area contributed by atoms with E-state index in [1.165, 1.54) is 12.1 Å². The number of rotatable bonds is 4. The van der Waals surface area contributed by atoms with Crippen LogP contribution in [-0.2, 0) is 10.6 Å². The van der Waals surface area contributed by atoms with E-state index in [0.29, 0.717) is 18.5 Å². The smallest absolute Gasteiger partial charge is 0.127 e. The molecule has 2 atom stereocenters. The lowest BCUT2D eigenvalue weighted by molar-refractivity contribution is 0.0264. The first-order valence-corrected chi connectivity index (χ1v) is 6.34. The Labute approximate surface area is 106 Å². The van der Waals surface area contributed by atoms with Crippen LogP contribution in [0.25, 0.3) is 0 Å². The lowest BCUT2D eigenvalue weighted by atomic mass is 10.2. The monoisotopic (exact) mass is 258 g/mol. The molecule has 0 aliphatic carbocycles. The van der Waals surface area contributed by atoms with E-state index in [0.717, 1.165) is 18.4 Å². The highest BCUT2D eigenvalue weighted by Gasteiger charge is 2.22. The summed E-state index contributed by atoms with van der Waals surface area (Å²) in [6.07, 6.45) is 2.48. The summed E-state index contributed by atoms with van der Waals surface area (Å²) in [5, 5.41) is 0. The lowest BCUT2D eigenvalue weighted by Crippen LogP contribution is -2.17. The van der Waals surface area contributed by atoms with E-state index in [1.807, 2.05) is 6.92 Å². The molecule has 0 bridgehead atoms. The molecule has 0 N–H and O–H groups in total. The summed E-state index contributed by atoms with van der Waals surface area (Å²) in [6.45, 7) is 2.52. The van der Waals surface area contributed by atoms with Gasteiger partial charge < -0.3 is 9.47 Å². The summed E-state index contributed by atoms with van der Waals surface area (Å²) >= 11 is 5.67. The summed E-state index contributed by atoms with van der Waals surface area (Å²) in [7, 11) is 0. The molecule has 2 nitrogen and oxygen atoms in total. The molecule has 0 spiro atoms. The minimum atomic E-state index is -0.321. The third-order valence-electron chi connectivity index (χ3n) is 2.84. The minimum absolute atomic E-state index is 0.118. The molecule has 1 heterocycles. The van der Waals surface area contributed by atoms with Gasteiger partial charge in [-0.1, -0.05) is 0 Å². The average Bonchev–Trinajstić information content (AvgIpc) is 2.72. The molecule has 1 aliphatic rings. The maximum Gasteiger partial charge on any atom is 0.127 e. The van der Waals surface area contributed by atoms with Crippen molar-refractivity contribution in [2.75, 3.05) is 6.61 Å². The zero-order chi connectivity index (χ0) is 12.3. The van der Waals surface area contributed by atoms with Crippen LogP contribution < -0.4 is 4.74 Å². The molecule has 0 aromatic heterocycles. The summed E-state index contributed by atoms with van der Waals surface area (Å²) in [6, 6.07) is 4.54. The normalized spacial score (nSPS) is 23.9. The van der Waals surface area contributed by atoms with Crippen molar-refractivity contribution in [3.05, 3.63) is 29.6 Å². The second-order valence-electron chi connectivity index (χ2n) is 4.39. The van der Waals surface area contributed by atoms with Gasteiger partial charge in [-0.3, -0.25) is 0 Å². The van der Waals surface area contributed by atoms with Gasteiger partial charge >= 0.3 is 0 Å². The highest BCUT2D eigenvalue weighted by Crippen LogP contribution is 2.22. The van der Waals surface area contributed by atoms with E-state index in [9.17, 15) is 4.39 Å². The molecule has 1 aliphatic heterocycles. The molecule has 2 rings (SSSR count). The highest BCUT2D eigenvalue weighted by atomic mass is 35.5. The second kappa shape index (κ2) is 5.69. The predicted octanol–water partition coefficient (Wildman–Crippen LogP) is 3.51. The number of hydrogen-bond acceptors (Lipinski definition) is 2. The third-order valence-corrected chi connectivity index (χ3v) is 3.15. The van der Waals surface area contributed by atoms with Crippen LogP contribution in [0.2, 0.25) is 0 Å². The summed E-state index contributed by atoms with van der Waals surface area (Å²) < 4.78 is 24.4. The Balaban J connectivity index is 1.92. The Bertz CT molecular complexity index is 384. The molecule has 1 saturated heterocycles. The maximum absolute atomic E-state index is 13.2. The van der Waals surface area contributed by atoms with E-state index in [1.54, 1.807) is 6.07 Å². The van der Waals surface area contributed by atoms with Gasteiger partial charge in [0.2, 0.25) is 0 Å². The van der Waals surface area contributed by atoms with Gasteiger partial charge in [0.25, 0.3) is 0 Å². The van der Waals surface area contributed by atoms with Crippen molar-refractivity contribution in [3.8, 4) is 5.75 Å². The zero-order valence-corrected chi connectivity index (χ0v) is 10.5. The van der Waals surface area contributed by atoms with Crippen LogP contribution in [0.3, 0.4) is 0 Å². The van der Waals surface area contributed by atoms with E-state index in [4.69, 9.17) is 21.1 Å². The van der Waals surface area contributed by atoms with Gasteiger partial charge in [-0.25, -0.2) is 4.39 Å². The van der Waals surface area contributed by atoms with Gasteiger partial charge in [0.05, 0.1) is 12.2 Å². The first-order valence-electron chi connectivity index (χ1n) is 5.81. The molecule has 0 amide bonds. The molecule has 0 radical (unpaired) electrons. The average molecular weight is 259 g/mol. The van der Waals surface area contributed by atoms with Crippen LogP contribution in [0, 0.1) is 5.82 Å². The van der Waals surface area contributed by atoms with Crippen molar-refractivity contribution in [1.29, 1.82) is 0 Å². The molecule has 2 unspecified atom stereocenters. The molecular weight excluding hydrogens is 243 g/mol. The van der Waals surface area contributed by atoms with Crippen LogP contribution >= 0.6 is 11.6 Å². The summed E-state index contributed by atoms with van der Waals surface area (Å²) in [4.78, 5) is 0. The molecule has 0 saturated carbocycles. The van der Waals surface area contributed by atoms with Gasteiger partial charge in [-0.15, -0.1) is 11.6 Å². The van der Waals surface area contributed by atoms with Crippen LogP contribution in [0.15, 0.2) is 18.2 Å². The van der Waals surface area contributed by atoms with E-state index in [2.05, 4.69) is 0 Å². The Morgan fingerprint density at radius 2 is 2.24 bits per heavy atom. The quantitative estimate of drug-likeness (QED) is 0.770. The van der Waals surface area contributed by atoms with Gasteiger partial charge in [-0.2, -0.15) is 0 Å². The summed E-state index contributed by atoms with van der Waals surface area (Å²) in [5.41, 5.74) is 0.724. The first kappa shape index (κ1) is 12.7. The first-order chi connectivity index (χ1) is 8.17.